The lowest BCUT2D eigenvalue weighted by Crippen LogP contribution is -2.27. The van der Waals surface area contributed by atoms with Gasteiger partial charge in [-0.15, -0.1) is 0 Å². The molecule has 1 aliphatic heterocycles. The molecule has 0 unspecified atom stereocenters. The smallest absolute Gasteiger partial charge is 0.227 e. The van der Waals surface area contributed by atoms with Gasteiger partial charge in [-0.3, -0.25) is 9.89 Å². The van der Waals surface area contributed by atoms with E-state index in [9.17, 15) is 4.79 Å². The van der Waals surface area contributed by atoms with Gasteiger partial charge in [0.2, 0.25) is 5.91 Å². The Morgan fingerprint density at radius 2 is 2.00 bits per heavy atom. The first kappa shape index (κ1) is 10.7. The summed E-state index contributed by atoms with van der Waals surface area (Å²) < 4.78 is 0. The quantitative estimate of drug-likeness (QED) is 0.882. The minimum atomic E-state index is 0.0854. The van der Waals surface area contributed by atoms with E-state index >= 15 is 0 Å². The maximum atomic E-state index is 12.4. The molecule has 4 rings (SSSR count). The number of aromatic nitrogens is 3. The van der Waals surface area contributed by atoms with Gasteiger partial charge in [-0.05, 0) is 17.5 Å². The maximum Gasteiger partial charge on any atom is 0.227 e. The summed E-state index contributed by atoms with van der Waals surface area (Å²) in [5.74, 6) is 1.41. The molecule has 2 aliphatic rings. The van der Waals surface area contributed by atoms with Crippen LogP contribution in [0.25, 0.3) is 0 Å². The van der Waals surface area contributed by atoms with E-state index in [0.717, 1.165) is 25.3 Å². The van der Waals surface area contributed by atoms with Crippen molar-refractivity contribution < 1.29 is 4.79 Å². The van der Waals surface area contributed by atoms with Crippen LogP contribution in [0.2, 0.25) is 0 Å². The van der Waals surface area contributed by atoms with Crippen LogP contribution in [0.3, 0.4) is 0 Å². The molecule has 2 heterocycles. The molecular weight excluding hydrogens is 240 g/mol. The predicted molar refractivity (Wildman–Crippen MR) is 67.9 cm³/mol. The molecule has 19 heavy (non-hydrogen) atoms. The van der Waals surface area contributed by atoms with E-state index in [1.807, 2.05) is 17.0 Å². The molecule has 0 spiro atoms. The van der Waals surface area contributed by atoms with Crippen LogP contribution in [0.15, 0.2) is 30.6 Å². The topological polar surface area (TPSA) is 61.9 Å². The highest BCUT2D eigenvalue weighted by atomic mass is 16.2. The zero-order chi connectivity index (χ0) is 12.8. The van der Waals surface area contributed by atoms with Gasteiger partial charge < -0.3 is 4.90 Å². The summed E-state index contributed by atoms with van der Waals surface area (Å²) in [6, 6.07) is 8.26. The first-order chi connectivity index (χ1) is 9.33. The zero-order valence-corrected chi connectivity index (χ0v) is 10.4. The summed E-state index contributed by atoms with van der Waals surface area (Å²) in [5, 5.41) is 6.71. The van der Waals surface area contributed by atoms with Gasteiger partial charge in [0, 0.05) is 24.9 Å². The second-order valence-corrected chi connectivity index (χ2v) is 5.28. The van der Waals surface area contributed by atoms with E-state index in [4.69, 9.17) is 0 Å². The third-order valence-electron chi connectivity index (χ3n) is 4.04. The van der Waals surface area contributed by atoms with Gasteiger partial charge in [-0.2, -0.15) is 5.10 Å². The van der Waals surface area contributed by atoms with Crippen molar-refractivity contribution in [3.63, 3.8) is 0 Å². The number of carbonyl (C=O) groups is 1. The summed E-state index contributed by atoms with van der Waals surface area (Å²) in [6.45, 7) is 1.49. The van der Waals surface area contributed by atoms with Crippen LogP contribution < -0.4 is 0 Å². The number of H-pyrrole nitrogens is 1. The molecule has 0 radical (unpaired) electrons. The Bertz CT molecular complexity index is 597. The van der Waals surface area contributed by atoms with Gasteiger partial charge in [0.25, 0.3) is 0 Å². The monoisotopic (exact) mass is 254 g/mol. The van der Waals surface area contributed by atoms with Crippen LogP contribution in [0.4, 0.5) is 0 Å². The van der Waals surface area contributed by atoms with Crippen LogP contribution in [-0.4, -0.2) is 26.0 Å². The third-order valence-corrected chi connectivity index (χ3v) is 4.04. The van der Waals surface area contributed by atoms with Crippen LogP contribution in [0.5, 0.6) is 0 Å². The lowest BCUT2D eigenvalue weighted by atomic mass is 10.1. The summed E-state index contributed by atoms with van der Waals surface area (Å²) >= 11 is 0. The molecule has 1 aromatic carbocycles. The largest absolute Gasteiger partial charge is 0.334 e. The van der Waals surface area contributed by atoms with Crippen LogP contribution in [0, 0.1) is 5.92 Å². The Morgan fingerprint density at radius 1 is 1.26 bits per heavy atom. The molecule has 5 heteroatoms. The van der Waals surface area contributed by atoms with E-state index < -0.39 is 0 Å². The number of nitrogens with one attached hydrogen (secondary N) is 1. The first-order valence-corrected chi connectivity index (χ1v) is 6.54. The Hall–Kier alpha value is -2.17. The van der Waals surface area contributed by atoms with Gasteiger partial charge in [-0.1, -0.05) is 24.3 Å². The van der Waals surface area contributed by atoms with Crippen LogP contribution in [-0.2, 0) is 17.9 Å². The molecule has 2 aromatic rings. The SMILES string of the molecule is O=C([C@@H]1C[C@@H]1c1ncn[nH]1)N1Cc2ccccc2C1. The molecule has 2 atom stereocenters. The van der Waals surface area contributed by atoms with Crippen molar-refractivity contribution in [2.24, 2.45) is 5.92 Å². The molecule has 1 fully saturated rings. The van der Waals surface area contributed by atoms with Gasteiger partial charge in [0.05, 0.1) is 0 Å². The van der Waals surface area contributed by atoms with E-state index in [2.05, 4.69) is 27.3 Å². The van der Waals surface area contributed by atoms with E-state index in [1.54, 1.807) is 0 Å². The number of amides is 1. The third kappa shape index (κ3) is 1.73. The number of aromatic amines is 1. The first-order valence-electron chi connectivity index (χ1n) is 6.54. The normalized spacial score (nSPS) is 24.3. The summed E-state index contributed by atoms with van der Waals surface area (Å²) in [5.41, 5.74) is 2.54. The van der Waals surface area contributed by atoms with Crippen molar-refractivity contribution in [1.29, 1.82) is 0 Å². The molecule has 0 saturated heterocycles. The lowest BCUT2D eigenvalue weighted by molar-refractivity contribution is -0.133. The second kappa shape index (κ2) is 3.91. The zero-order valence-electron chi connectivity index (χ0n) is 10.4. The Morgan fingerprint density at radius 3 is 2.63 bits per heavy atom. The fraction of sp³-hybridized carbons (Fsp3) is 0.357. The number of rotatable bonds is 2. The highest BCUT2D eigenvalue weighted by molar-refractivity contribution is 5.83. The lowest BCUT2D eigenvalue weighted by Gasteiger charge is -2.15. The number of hydrogen-bond acceptors (Lipinski definition) is 3. The highest BCUT2D eigenvalue weighted by Gasteiger charge is 2.48. The van der Waals surface area contributed by atoms with Gasteiger partial charge in [-0.25, -0.2) is 4.98 Å². The molecule has 0 bridgehead atoms. The Labute approximate surface area is 110 Å². The maximum absolute atomic E-state index is 12.4. The fourth-order valence-electron chi connectivity index (χ4n) is 2.89. The number of carbonyl (C=O) groups excluding carboxylic acids is 1. The fourth-order valence-corrected chi connectivity index (χ4v) is 2.89. The van der Waals surface area contributed by atoms with Crippen molar-refractivity contribution >= 4 is 5.91 Å². The van der Waals surface area contributed by atoms with E-state index in [-0.39, 0.29) is 17.7 Å². The molecule has 96 valence electrons. The number of fused-ring (bicyclic) bond motifs is 1. The number of benzene rings is 1. The average molecular weight is 254 g/mol. The average Bonchev–Trinajstić information content (AvgIpc) is 2.90. The van der Waals surface area contributed by atoms with Gasteiger partial charge in [0.15, 0.2) is 0 Å². The van der Waals surface area contributed by atoms with E-state index in [0.29, 0.717) is 0 Å². The Balaban J connectivity index is 1.47. The molecule has 1 N–H and O–H groups in total. The van der Waals surface area contributed by atoms with Crippen molar-refractivity contribution in [3.05, 3.63) is 47.5 Å². The molecular formula is C14H14N4O. The Kier molecular flexibility index (Phi) is 2.21. The minimum Gasteiger partial charge on any atom is -0.334 e. The van der Waals surface area contributed by atoms with Crippen LogP contribution in [0.1, 0.15) is 29.3 Å². The molecule has 1 amide bonds. The molecule has 5 nitrogen and oxygen atoms in total. The van der Waals surface area contributed by atoms with Gasteiger partial charge >= 0.3 is 0 Å². The second-order valence-electron chi connectivity index (χ2n) is 5.28. The summed E-state index contributed by atoms with van der Waals surface area (Å²) in [4.78, 5) is 18.5. The van der Waals surface area contributed by atoms with Crippen molar-refractivity contribution in [2.75, 3.05) is 0 Å². The predicted octanol–water partition coefficient (Wildman–Crippen LogP) is 1.45. The highest BCUT2D eigenvalue weighted by Crippen LogP contribution is 2.47. The minimum absolute atomic E-state index is 0.0854. The van der Waals surface area contributed by atoms with Crippen LogP contribution >= 0.6 is 0 Å². The summed E-state index contributed by atoms with van der Waals surface area (Å²) in [6.07, 6.45) is 2.39. The van der Waals surface area contributed by atoms with Crippen molar-refractivity contribution in [1.82, 2.24) is 20.1 Å². The molecule has 1 aromatic heterocycles. The van der Waals surface area contributed by atoms with Crippen molar-refractivity contribution in [2.45, 2.75) is 25.4 Å². The molecule has 1 saturated carbocycles. The van der Waals surface area contributed by atoms with E-state index in [1.165, 1.54) is 17.5 Å². The number of nitrogens with zero attached hydrogens (tertiary/aromatic N) is 3. The van der Waals surface area contributed by atoms with Gasteiger partial charge in [0.1, 0.15) is 12.2 Å². The summed E-state index contributed by atoms with van der Waals surface area (Å²) in [7, 11) is 0. The molecule has 1 aliphatic carbocycles. The van der Waals surface area contributed by atoms with Crippen molar-refractivity contribution in [3.8, 4) is 0 Å². The number of hydrogen-bond donors (Lipinski definition) is 1. The standard InChI is InChI=1S/C14H14N4O/c19-14(12-5-11(12)13-15-8-16-17-13)18-6-9-3-1-2-4-10(9)7-18/h1-4,8,11-12H,5-7H2,(H,15,16,17)/t11-,12+/m0/s1.